The molecule has 1 aliphatic carbocycles. The molecule has 4 heterocycles. The molecule has 1 saturated carbocycles. The van der Waals surface area contributed by atoms with Crippen molar-refractivity contribution in [3.8, 4) is 5.69 Å². The Hall–Kier alpha value is -3.59. The first-order valence-corrected chi connectivity index (χ1v) is 15.2. The fourth-order valence-corrected chi connectivity index (χ4v) is 7.34. The number of nitrogens with zero attached hydrogens (tertiary/aromatic N) is 4. The van der Waals surface area contributed by atoms with Crippen LogP contribution < -0.4 is 5.32 Å². The van der Waals surface area contributed by atoms with Crippen LogP contribution in [0.1, 0.15) is 73.4 Å². The average Bonchev–Trinajstić information content (AvgIpc) is 3.52. The van der Waals surface area contributed by atoms with Crippen molar-refractivity contribution >= 4 is 28.5 Å². The molecule has 0 radical (unpaired) electrons. The molecule has 1 N–H and O–H groups in total. The van der Waals surface area contributed by atoms with E-state index in [9.17, 15) is 18.8 Å². The quantitative estimate of drug-likeness (QED) is 0.412. The molecule has 3 atom stereocenters. The number of carbonyl (C=O) groups excluding carboxylic acids is 3. The van der Waals surface area contributed by atoms with Gasteiger partial charge in [0.2, 0.25) is 5.91 Å². The molecule has 222 valence electrons. The van der Waals surface area contributed by atoms with Crippen molar-refractivity contribution in [2.45, 2.75) is 72.0 Å². The SMILES string of the molecule is Cc1c(C(=O)C2CCN(C(=O)[C@@H]3NC[C@@H]4C[C@@H]43)CC2)c2ccncc2n1-c1ccc(F)cc1C(=O)N(C(C)C)C(C)C. The van der Waals surface area contributed by atoms with Gasteiger partial charge < -0.3 is 19.7 Å². The Morgan fingerprint density at radius 2 is 1.79 bits per heavy atom. The predicted molar refractivity (Wildman–Crippen MR) is 159 cm³/mol. The number of rotatable bonds is 7. The van der Waals surface area contributed by atoms with Crippen molar-refractivity contribution in [2.75, 3.05) is 19.6 Å². The monoisotopic (exact) mass is 573 g/mol. The van der Waals surface area contributed by atoms with Crippen LogP contribution in [0.2, 0.25) is 0 Å². The van der Waals surface area contributed by atoms with Gasteiger partial charge in [0.1, 0.15) is 5.82 Å². The van der Waals surface area contributed by atoms with Gasteiger partial charge >= 0.3 is 0 Å². The minimum Gasteiger partial charge on any atom is -0.341 e. The molecular weight excluding hydrogens is 533 g/mol. The van der Waals surface area contributed by atoms with Gasteiger partial charge in [-0.15, -0.1) is 0 Å². The molecule has 0 bridgehead atoms. The van der Waals surface area contributed by atoms with Gasteiger partial charge in [-0.05, 0) is 96.5 Å². The average molecular weight is 574 g/mol. The summed E-state index contributed by atoms with van der Waals surface area (Å²) in [5, 5.41) is 4.13. The van der Waals surface area contributed by atoms with Gasteiger partial charge in [0.15, 0.2) is 5.78 Å². The number of hydrogen-bond acceptors (Lipinski definition) is 5. The van der Waals surface area contributed by atoms with E-state index in [0.717, 1.165) is 18.4 Å². The van der Waals surface area contributed by atoms with Crippen LogP contribution in [0.3, 0.4) is 0 Å². The zero-order valence-electron chi connectivity index (χ0n) is 25.1. The molecule has 2 aromatic heterocycles. The lowest BCUT2D eigenvalue weighted by Gasteiger charge is -2.33. The van der Waals surface area contributed by atoms with E-state index in [1.54, 1.807) is 23.4 Å². The first-order valence-electron chi connectivity index (χ1n) is 15.2. The van der Waals surface area contributed by atoms with Gasteiger partial charge in [-0.25, -0.2) is 4.39 Å². The lowest BCUT2D eigenvalue weighted by Crippen LogP contribution is -2.49. The minimum atomic E-state index is -0.496. The van der Waals surface area contributed by atoms with E-state index in [4.69, 9.17) is 0 Å². The topological polar surface area (TPSA) is 87.5 Å². The highest BCUT2D eigenvalue weighted by atomic mass is 19.1. The highest BCUT2D eigenvalue weighted by Crippen LogP contribution is 2.45. The van der Waals surface area contributed by atoms with E-state index in [2.05, 4.69) is 10.3 Å². The van der Waals surface area contributed by atoms with Crippen molar-refractivity contribution in [3.63, 3.8) is 0 Å². The molecule has 0 unspecified atom stereocenters. The molecule has 3 aliphatic rings. The lowest BCUT2D eigenvalue weighted by molar-refractivity contribution is -0.134. The lowest BCUT2D eigenvalue weighted by atomic mass is 9.87. The number of benzene rings is 1. The van der Waals surface area contributed by atoms with Crippen LogP contribution in [0.4, 0.5) is 4.39 Å². The number of ketones is 1. The zero-order valence-corrected chi connectivity index (χ0v) is 25.1. The zero-order chi connectivity index (χ0) is 29.9. The summed E-state index contributed by atoms with van der Waals surface area (Å²) < 4.78 is 16.5. The summed E-state index contributed by atoms with van der Waals surface area (Å²) in [7, 11) is 0. The first kappa shape index (κ1) is 28.5. The van der Waals surface area contributed by atoms with Gasteiger partial charge in [0, 0.05) is 53.9 Å². The highest BCUT2D eigenvalue weighted by Gasteiger charge is 2.52. The van der Waals surface area contributed by atoms with Crippen LogP contribution in [0.25, 0.3) is 16.6 Å². The largest absolute Gasteiger partial charge is 0.341 e. The molecule has 8 nitrogen and oxygen atoms in total. The maximum Gasteiger partial charge on any atom is 0.256 e. The van der Waals surface area contributed by atoms with E-state index in [0.29, 0.717) is 60.2 Å². The number of fused-ring (bicyclic) bond motifs is 2. The number of aromatic nitrogens is 2. The second kappa shape index (κ2) is 10.9. The van der Waals surface area contributed by atoms with Crippen molar-refractivity contribution in [2.24, 2.45) is 17.8 Å². The predicted octanol–water partition coefficient (Wildman–Crippen LogP) is 4.76. The van der Waals surface area contributed by atoms with E-state index < -0.39 is 5.82 Å². The molecule has 1 aromatic carbocycles. The van der Waals surface area contributed by atoms with Crippen LogP contribution >= 0.6 is 0 Å². The number of hydrogen-bond donors (Lipinski definition) is 1. The minimum absolute atomic E-state index is 0.0387. The Morgan fingerprint density at radius 1 is 1.07 bits per heavy atom. The van der Waals surface area contributed by atoms with E-state index in [1.807, 2.05) is 50.2 Å². The maximum atomic E-state index is 14.6. The van der Waals surface area contributed by atoms with Crippen LogP contribution in [0, 0.1) is 30.5 Å². The van der Waals surface area contributed by atoms with Crippen molar-refractivity contribution < 1.29 is 18.8 Å². The van der Waals surface area contributed by atoms with Gasteiger partial charge in [0.05, 0.1) is 29.0 Å². The molecular formula is C33H40FN5O3. The summed E-state index contributed by atoms with van der Waals surface area (Å²) in [6.45, 7) is 11.7. The molecule has 2 amide bonds. The Morgan fingerprint density at radius 3 is 2.40 bits per heavy atom. The summed E-state index contributed by atoms with van der Waals surface area (Å²) in [5.74, 6) is 0.381. The van der Waals surface area contributed by atoms with Gasteiger partial charge in [-0.3, -0.25) is 19.4 Å². The standard InChI is InChI=1S/C33H40FN5O3/c1-18(2)38(19(3)4)32(41)26-15-23(34)6-7-27(26)39-20(5)29(24-8-11-35-17-28(24)39)31(40)21-9-12-37(13-10-21)33(42)30-25-14-22(25)16-36-30/h6-8,11,15,17-19,21-22,25,30,36H,9-10,12-14,16H2,1-5H3/t22-,25-,30+/m0/s1. The van der Waals surface area contributed by atoms with Crippen molar-refractivity contribution in [3.05, 3.63) is 59.3 Å². The van der Waals surface area contributed by atoms with Crippen LogP contribution in [0.15, 0.2) is 36.7 Å². The Bertz CT molecular complexity index is 1550. The number of amides is 2. The van der Waals surface area contributed by atoms with Crippen molar-refractivity contribution in [1.29, 1.82) is 0 Å². The van der Waals surface area contributed by atoms with E-state index >= 15 is 0 Å². The summed E-state index contributed by atoms with van der Waals surface area (Å²) in [5.41, 5.74) is 2.75. The smallest absolute Gasteiger partial charge is 0.256 e. The number of carbonyl (C=O) groups is 3. The summed E-state index contributed by atoms with van der Waals surface area (Å²) in [6, 6.07) is 5.85. The number of pyridine rings is 1. The highest BCUT2D eigenvalue weighted by molar-refractivity contribution is 6.11. The fraction of sp³-hybridized carbons (Fsp3) is 0.515. The second-order valence-electron chi connectivity index (χ2n) is 12.8. The molecule has 9 heteroatoms. The number of halogens is 1. The molecule has 0 spiro atoms. The number of piperidine rings is 2. The molecule has 2 aliphatic heterocycles. The maximum absolute atomic E-state index is 14.6. The normalized spacial score (nSPS) is 22.2. The summed E-state index contributed by atoms with van der Waals surface area (Å²) in [6.07, 6.45) is 5.73. The number of likely N-dealkylation sites (tertiary alicyclic amines) is 1. The third-order valence-electron chi connectivity index (χ3n) is 9.48. The van der Waals surface area contributed by atoms with Crippen LogP contribution in [0.5, 0.6) is 0 Å². The molecule has 6 rings (SSSR count). The Labute approximate surface area is 246 Å². The molecule has 3 fully saturated rings. The Kier molecular flexibility index (Phi) is 7.41. The van der Waals surface area contributed by atoms with Gasteiger partial charge in [0.25, 0.3) is 5.91 Å². The summed E-state index contributed by atoms with van der Waals surface area (Å²) in [4.78, 5) is 49.1. The van der Waals surface area contributed by atoms with Crippen LogP contribution in [-0.4, -0.2) is 74.7 Å². The molecule has 3 aromatic rings. The van der Waals surface area contributed by atoms with Gasteiger partial charge in [-0.1, -0.05) is 0 Å². The number of nitrogens with one attached hydrogen (secondary N) is 1. The fourth-order valence-electron chi connectivity index (χ4n) is 7.34. The molecule has 2 saturated heterocycles. The first-order chi connectivity index (χ1) is 20.1. The summed E-state index contributed by atoms with van der Waals surface area (Å²) >= 11 is 0. The Balaban J connectivity index is 1.33. The van der Waals surface area contributed by atoms with Crippen LogP contribution in [-0.2, 0) is 4.79 Å². The molecule has 42 heavy (non-hydrogen) atoms. The second-order valence-corrected chi connectivity index (χ2v) is 12.8. The van der Waals surface area contributed by atoms with Gasteiger partial charge in [-0.2, -0.15) is 0 Å². The van der Waals surface area contributed by atoms with E-state index in [-0.39, 0.29) is 47.2 Å². The third kappa shape index (κ3) is 4.81. The van der Waals surface area contributed by atoms with E-state index in [1.165, 1.54) is 12.1 Å². The third-order valence-corrected chi connectivity index (χ3v) is 9.48. The number of Topliss-reactive ketones (excluding diaryl/α,β-unsaturated/α-hetero) is 1. The van der Waals surface area contributed by atoms with Crippen molar-refractivity contribution in [1.82, 2.24) is 24.7 Å².